The van der Waals surface area contributed by atoms with Crippen LogP contribution in [0.4, 0.5) is 0 Å². The number of nitrogens with zero attached hydrogens (tertiary/aromatic N) is 3. The summed E-state index contributed by atoms with van der Waals surface area (Å²) in [6.07, 6.45) is 9.48. The van der Waals surface area contributed by atoms with Gasteiger partial charge in [0.1, 0.15) is 0 Å². The Hall–Kier alpha value is -2.34. The monoisotopic (exact) mass is 380 g/mol. The molecule has 27 heavy (non-hydrogen) atoms. The lowest BCUT2D eigenvalue weighted by molar-refractivity contribution is 0.0933. The molecule has 4 rings (SSSR count). The minimum atomic E-state index is -0.168. The van der Waals surface area contributed by atoms with E-state index in [1.807, 2.05) is 34.9 Å². The first kappa shape index (κ1) is 18.0. The third-order valence-corrected chi connectivity index (χ3v) is 5.82. The molecule has 0 radical (unpaired) electrons. The molecule has 5 nitrogen and oxygen atoms in total. The van der Waals surface area contributed by atoms with Crippen LogP contribution in [0.2, 0.25) is 0 Å². The molecule has 2 aromatic heterocycles. The lowest BCUT2D eigenvalue weighted by atomic mass is 9.90. The number of nitrogens with one attached hydrogen (secondary N) is 1. The smallest absolute Gasteiger partial charge is 0.251 e. The zero-order chi connectivity index (χ0) is 18.6. The van der Waals surface area contributed by atoms with Gasteiger partial charge in [-0.2, -0.15) is 11.8 Å². The maximum absolute atomic E-state index is 13.0. The van der Waals surface area contributed by atoms with Crippen molar-refractivity contribution in [2.75, 3.05) is 12.0 Å². The first-order valence-corrected chi connectivity index (χ1v) is 10.9. The molecule has 0 aliphatic heterocycles. The molecule has 6 heteroatoms. The number of benzene rings is 1. The van der Waals surface area contributed by atoms with Gasteiger partial charge in [0.15, 0.2) is 11.5 Å². The molecule has 0 fully saturated rings. The summed E-state index contributed by atoms with van der Waals surface area (Å²) in [7, 11) is 0. The van der Waals surface area contributed by atoms with E-state index in [0.717, 1.165) is 42.1 Å². The molecular formula is C21H24N4OS. The van der Waals surface area contributed by atoms with Crippen molar-refractivity contribution >= 4 is 23.3 Å². The second-order valence-electron chi connectivity index (χ2n) is 6.99. The van der Waals surface area contributed by atoms with Crippen LogP contribution in [0, 0.1) is 0 Å². The van der Waals surface area contributed by atoms with Gasteiger partial charge in [-0.15, -0.1) is 10.2 Å². The number of thioether (sulfide) groups is 1. The summed E-state index contributed by atoms with van der Waals surface area (Å²) in [5, 5.41) is 11.8. The predicted molar refractivity (Wildman–Crippen MR) is 109 cm³/mol. The van der Waals surface area contributed by atoms with Gasteiger partial charge in [0.2, 0.25) is 0 Å². The van der Waals surface area contributed by atoms with Crippen LogP contribution in [0.15, 0.2) is 42.6 Å². The highest BCUT2D eigenvalue weighted by atomic mass is 32.2. The van der Waals surface area contributed by atoms with Crippen molar-refractivity contribution in [3.8, 4) is 0 Å². The number of aryl methyl sites for hydroxylation is 2. The first-order valence-electron chi connectivity index (χ1n) is 9.47. The summed E-state index contributed by atoms with van der Waals surface area (Å²) in [5.74, 6) is 1.68. The fourth-order valence-corrected chi connectivity index (χ4v) is 4.19. The second-order valence-corrected chi connectivity index (χ2v) is 7.97. The number of carbonyl (C=O) groups is 1. The van der Waals surface area contributed by atoms with Crippen molar-refractivity contribution < 1.29 is 4.79 Å². The molecule has 1 aliphatic rings. The molecule has 140 valence electrons. The third-order valence-electron chi connectivity index (χ3n) is 5.18. The summed E-state index contributed by atoms with van der Waals surface area (Å²) in [4.78, 5) is 13.0. The molecule has 3 aromatic rings. The second kappa shape index (κ2) is 8.13. The van der Waals surface area contributed by atoms with E-state index in [2.05, 4.69) is 33.9 Å². The number of rotatable bonds is 6. The molecule has 1 N–H and O–H groups in total. The number of pyridine rings is 1. The summed E-state index contributed by atoms with van der Waals surface area (Å²) in [6.45, 7) is 0. The molecular weight excluding hydrogens is 356 g/mol. The summed E-state index contributed by atoms with van der Waals surface area (Å²) in [6, 6.07) is 11.8. The van der Waals surface area contributed by atoms with Crippen LogP contribution < -0.4 is 5.32 Å². The number of amides is 1. The van der Waals surface area contributed by atoms with Crippen molar-refractivity contribution in [2.24, 2.45) is 0 Å². The first-order chi connectivity index (χ1) is 13.3. The number of hydrogen-bond acceptors (Lipinski definition) is 4. The lowest BCUT2D eigenvalue weighted by Gasteiger charge is -2.19. The fourth-order valence-electron chi connectivity index (χ4n) is 3.72. The lowest BCUT2D eigenvalue weighted by Crippen LogP contribution is -2.30. The van der Waals surface area contributed by atoms with Gasteiger partial charge in [0, 0.05) is 11.8 Å². The van der Waals surface area contributed by atoms with Crippen LogP contribution in [0.3, 0.4) is 0 Å². The molecule has 0 saturated carbocycles. The van der Waals surface area contributed by atoms with Gasteiger partial charge in [-0.3, -0.25) is 9.20 Å². The molecule has 0 spiro atoms. The Balaban J connectivity index is 1.59. The Kier molecular flexibility index (Phi) is 5.43. The number of fused-ring (bicyclic) bond motifs is 2. The van der Waals surface area contributed by atoms with Crippen molar-refractivity contribution in [1.82, 2.24) is 19.9 Å². The highest BCUT2D eigenvalue weighted by Crippen LogP contribution is 2.23. The van der Waals surface area contributed by atoms with E-state index in [-0.39, 0.29) is 11.9 Å². The SMILES string of the molecule is CSCCC(NC(=O)c1ccc2c(c1)CCCC2)c1nnc2ccccn12. The maximum Gasteiger partial charge on any atom is 0.251 e. The van der Waals surface area contributed by atoms with E-state index in [1.165, 1.54) is 24.0 Å². The number of carbonyl (C=O) groups excluding carboxylic acids is 1. The van der Waals surface area contributed by atoms with E-state index in [1.54, 1.807) is 11.8 Å². The summed E-state index contributed by atoms with van der Waals surface area (Å²) < 4.78 is 1.96. The Morgan fingerprint density at radius 1 is 1.19 bits per heavy atom. The molecule has 0 bridgehead atoms. The number of hydrogen-bond donors (Lipinski definition) is 1. The number of aromatic nitrogens is 3. The van der Waals surface area contributed by atoms with E-state index in [0.29, 0.717) is 0 Å². The van der Waals surface area contributed by atoms with E-state index in [4.69, 9.17) is 0 Å². The largest absolute Gasteiger partial charge is 0.342 e. The van der Waals surface area contributed by atoms with Crippen LogP contribution in [0.1, 0.15) is 52.6 Å². The topological polar surface area (TPSA) is 59.3 Å². The van der Waals surface area contributed by atoms with E-state index >= 15 is 0 Å². The Labute approximate surface area is 163 Å². The fraction of sp³-hybridized carbons (Fsp3) is 0.381. The van der Waals surface area contributed by atoms with Crippen molar-refractivity contribution in [2.45, 2.75) is 38.1 Å². The van der Waals surface area contributed by atoms with Crippen LogP contribution >= 0.6 is 11.8 Å². The van der Waals surface area contributed by atoms with E-state index in [9.17, 15) is 4.79 Å². The predicted octanol–water partition coefficient (Wildman–Crippen LogP) is 3.83. The molecule has 1 unspecified atom stereocenters. The van der Waals surface area contributed by atoms with Gasteiger partial charge >= 0.3 is 0 Å². The average Bonchev–Trinajstić information content (AvgIpc) is 3.14. The highest BCUT2D eigenvalue weighted by Gasteiger charge is 2.21. The molecule has 1 aliphatic carbocycles. The van der Waals surface area contributed by atoms with Crippen molar-refractivity contribution in [1.29, 1.82) is 0 Å². The third kappa shape index (κ3) is 3.86. The zero-order valence-electron chi connectivity index (χ0n) is 15.5. The van der Waals surface area contributed by atoms with Gasteiger partial charge in [-0.25, -0.2) is 0 Å². The maximum atomic E-state index is 13.0. The van der Waals surface area contributed by atoms with Crippen LogP contribution in [0.25, 0.3) is 5.65 Å². The Morgan fingerprint density at radius 2 is 2.04 bits per heavy atom. The van der Waals surface area contributed by atoms with Crippen molar-refractivity contribution in [3.63, 3.8) is 0 Å². The standard InChI is InChI=1S/C21H24N4OS/c1-27-13-11-18(20-24-23-19-8-4-5-12-25(19)20)22-21(26)17-10-9-15-6-2-3-7-16(15)14-17/h4-5,8-10,12,14,18H,2-3,6-7,11,13H2,1H3,(H,22,26). The molecule has 2 heterocycles. The van der Waals surface area contributed by atoms with Gasteiger partial charge < -0.3 is 5.32 Å². The quantitative estimate of drug-likeness (QED) is 0.706. The van der Waals surface area contributed by atoms with Crippen LogP contribution in [0.5, 0.6) is 0 Å². The van der Waals surface area contributed by atoms with E-state index < -0.39 is 0 Å². The van der Waals surface area contributed by atoms with Crippen LogP contribution in [-0.4, -0.2) is 32.5 Å². The zero-order valence-corrected chi connectivity index (χ0v) is 16.3. The minimum Gasteiger partial charge on any atom is -0.342 e. The normalized spacial score (nSPS) is 14.7. The minimum absolute atomic E-state index is 0.0397. The molecule has 0 saturated heterocycles. The van der Waals surface area contributed by atoms with Gasteiger partial charge in [0.25, 0.3) is 5.91 Å². The van der Waals surface area contributed by atoms with Crippen LogP contribution in [-0.2, 0) is 12.8 Å². The van der Waals surface area contributed by atoms with Gasteiger partial charge in [0.05, 0.1) is 6.04 Å². The van der Waals surface area contributed by atoms with Gasteiger partial charge in [-0.1, -0.05) is 12.1 Å². The molecule has 1 aromatic carbocycles. The Bertz CT molecular complexity index is 952. The summed E-state index contributed by atoms with van der Waals surface area (Å²) >= 11 is 1.77. The van der Waals surface area contributed by atoms with Gasteiger partial charge in [-0.05, 0) is 79.5 Å². The summed E-state index contributed by atoms with van der Waals surface area (Å²) in [5.41, 5.74) is 4.24. The Morgan fingerprint density at radius 3 is 2.89 bits per heavy atom. The highest BCUT2D eigenvalue weighted by molar-refractivity contribution is 7.98. The van der Waals surface area contributed by atoms with Crippen molar-refractivity contribution in [3.05, 3.63) is 65.1 Å². The molecule has 1 atom stereocenters. The molecule has 1 amide bonds. The average molecular weight is 381 g/mol.